The summed E-state index contributed by atoms with van der Waals surface area (Å²) in [5.74, 6) is 0.498. The summed E-state index contributed by atoms with van der Waals surface area (Å²) in [5.41, 5.74) is 1.19. The molecule has 0 fully saturated rings. The lowest BCUT2D eigenvalue weighted by Gasteiger charge is -2.17. The Hall–Kier alpha value is -2.31. The van der Waals surface area contributed by atoms with Gasteiger partial charge in [0, 0.05) is 11.6 Å². The fraction of sp³-hybridized carbons (Fsp3) is 0.316. The van der Waals surface area contributed by atoms with Crippen molar-refractivity contribution < 1.29 is 18.7 Å². The number of ether oxygens (including phenoxy) is 2. The van der Waals surface area contributed by atoms with E-state index in [-0.39, 0.29) is 23.2 Å². The Labute approximate surface area is 157 Å². The highest BCUT2D eigenvalue weighted by molar-refractivity contribution is 6.30. The third-order valence-corrected chi connectivity index (χ3v) is 4.08. The molecular weight excluding hydrogens is 359 g/mol. The summed E-state index contributed by atoms with van der Waals surface area (Å²) >= 11 is 5.70. The number of amides is 1. The molecule has 1 amide bonds. The molecule has 0 aromatic heterocycles. The average Bonchev–Trinajstić information content (AvgIpc) is 2.62. The molecule has 5 nitrogen and oxygen atoms in total. The second-order valence-electron chi connectivity index (χ2n) is 5.85. The van der Waals surface area contributed by atoms with Crippen molar-refractivity contribution in [1.29, 1.82) is 0 Å². The van der Waals surface area contributed by atoms with E-state index >= 15 is 0 Å². The lowest BCUT2D eigenvalue weighted by molar-refractivity contribution is -0.117. The number of hydrogen-bond acceptors (Lipinski definition) is 4. The molecule has 0 unspecified atom stereocenters. The molecule has 0 saturated heterocycles. The maximum absolute atomic E-state index is 13.7. The van der Waals surface area contributed by atoms with Crippen molar-refractivity contribution in [2.45, 2.75) is 6.42 Å². The van der Waals surface area contributed by atoms with E-state index in [0.717, 1.165) is 18.1 Å². The molecule has 0 aliphatic carbocycles. The van der Waals surface area contributed by atoms with E-state index in [1.54, 1.807) is 14.2 Å². The summed E-state index contributed by atoms with van der Waals surface area (Å²) < 4.78 is 24.2. The predicted molar refractivity (Wildman–Crippen MR) is 101 cm³/mol. The maximum atomic E-state index is 13.7. The minimum absolute atomic E-state index is 0.118. The first-order valence-electron chi connectivity index (χ1n) is 8.07. The van der Waals surface area contributed by atoms with Crippen LogP contribution in [0.1, 0.15) is 5.56 Å². The van der Waals surface area contributed by atoms with E-state index in [0.29, 0.717) is 18.0 Å². The van der Waals surface area contributed by atoms with Crippen molar-refractivity contribution in [2.24, 2.45) is 0 Å². The number of carbonyl (C=O) groups is 1. The van der Waals surface area contributed by atoms with Gasteiger partial charge < -0.3 is 14.8 Å². The van der Waals surface area contributed by atoms with Gasteiger partial charge in [-0.3, -0.25) is 9.69 Å². The Balaban J connectivity index is 1.86. The van der Waals surface area contributed by atoms with Crippen LogP contribution in [0.3, 0.4) is 0 Å². The fourth-order valence-corrected chi connectivity index (χ4v) is 2.62. The van der Waals surface area contributed by atoms with E-state index < -0.39 is 5.82 Å². The lowest BCUT2D eigenvalue weighted by atomic mass is 10.1. The SMILES string of the molecule is COc1ccc(CCN(C)CC(=O)Nc2ccc(Cl)cc2F)cc1OC. The van der Waals surface area contributed by atoms with E-state index in [2.05, 4.69) is 5.32 Å². The highest BCUT2D eigenvalue weighted by Crippen LogP contribution is 2.27. The Kier molecular flexibility index (Phi) is 7.24. The number of benzene rings is 2. The highest BCUT2D eigenvalue weighted by Gasteiger charge is 2.11. The molecule has 0 aliphatic rings. The number of rotatable bonds is 8. The summed E-state index contributed by atoms with van der Waals surface area (Å²) in [5, 5.41) is 2.83. The largest absolute Gasteiger partial charge is 0.493 e. The molecule has 0 radical (unpaired) electrons. The maximum Gasteiger partial charge on any atom is 0.238 e. The smallest absolute Gasteiger partial charge is 0.238 e. The standard InChI is InChI=1S/C19H22ClFN2O3/c1-23(9-8-13-4-7-17(25-2)18(10-13)26-3)12-19(24)22-16-6-5-14(20)11-15(16)21/h4-7,10-11H,8-9,12H2,1-3H3,(H,22,24). The van der Waals surface area contributed by atoms with Crippen LogP contribution in [0.5, 0.6) is 11.5 Å². The highest BCUT2D eigenvalue weighted by atomic mass is 35.5. The second-order valence-corrected chi connectivity index (χ2v) is 6.29. The van der Waals surface area contributed by atoms with Gasteiger partial charge in [-0.15, -0.1) is 0 Å². The third kappa shape index (κ3) is 5.61. The van der Waals surface area contributed by atoms with Crippen LogP contribution in [0.4, 0.5) is 10.1 Å². The van der Waals surface area contributed by atoms with Crippen molar-refractivity contribution in [3.8, 4) is 11.5 Å². The van der Waals surface area contributed by atoms with Gasteiger partial charge in [0.1, 0.15) is 5.82 Å². The minimum Gasteiger partial charge on any atom is -0.493 e. The zero-order valence-electron chi connectivity index (χ0n) is 15.0. The van der Waals surface area contributed by atoms with Crippen molar-refractivity contribution in [3.63, 3.8) is 0 Å². The molecule has 0 aliphatic heterocycles. The van der Waals surface area contributed by atoms with E-state index in [9.17, 15) is 9.18 Å². The molecule has 2 aromatic rings. The number of nitrogens with zero attached hydrogens (tertiary/aromatic N) is 1. The fourth-order valence-electron chi connectivity index (χ4n) is 2.46. The molecule has 7 heteroatoms. The topological polar surface area (TPSA) is 50.8 Å². The molecule has 0 bridgehead atoms. The number of halogens is 2. The van der Waals surface area contributed by atoms with Gasteiger partial charge in [-0.2, -0.15) is 0 Å². The van der Waals surface area contributed by atoms with Crippen molar-refractivity contribution >= 4 is 23.2 Å². The lowest BCUT2D eigenvalue weighted by Crippen LogP contribution is -2.31. The van der Waals surface area contributed by atoms with Crippen LogP contribution in [0.2, 0.25) is 5.02 Å². The van der Waals surface area contributed by atoms with Gasteiger partial charge in [-0.1, -0.05) is 17.7 Å². The molecule has 0 heterocycles. The summed E-state index contributed by atoms with van der Waals surface area (Å²) in [6, 6.07) is 9.86. The van der Waals surface area contributed by atoms with Gasteiger partial charge >= 0.3 is 0 Å². The van der Waals surface area contributed by atoms with Gasteiger partial charge in [0.25, 0.3) is 0 Å². The number of anilines is 1. The Morgan fingerprint density at radius 2 is 1.88 bits per heavy atom. The van der Waals surface area contributed by atoms with Crippen molar-refractivity contribution in [3.05, 3.63) is 52.8 Å². The first-order chi connectivity index (χ1) is 12.4. The first-order valence-corrected chi connectivity index (χ1v) is 8.45. The van der Waals surface area contributed by atoms with Gasteiger partial charge in [-0.25, -0.2) is 4.39 Å². The van der Waals surface area contributed by atoms with E-state index in [4.69, 9.17) is 21.1 Å². The number of likely N-dealkylation sites (N-methyl/N-ethyl adjacent to an activating group) is 1. The van der Waals surface area contributed by atoms with Crippen molar-refractivity contribution in [2.75, 3.05) is 39.7 Å². The van der Waals surface area contributed by atoms with Crippen LogP contribution < -0.4 is 14.8 Å². The number of nitrogens with one attached hydrogen (secondary N) is 1. The summed E-state index contributed by atoms with van der Waals surface area (Å²) in [7, 11) is 5.01. The third-order valence-electron chi connectivity index (χ3n) is 3.85. The quantitative estimate of drug-likeness (QED) is 0.760. The van der Waals surface area contributed by atoms with Gasteiger partial charge in [-0.05, 0) is 49.4 Å². The number of methoxy groups -OCH3 is 2. The molecule has 0 spiro atoms. The molecule has 140 valence electrons. The Morgan fingerprint density at radius 1 is 1.15 bits per heavy atom. The van der Waals surface area contributed by atoms with E-state index in [1.807, 2.05) is 30.1 Å². The molecule has 0 atom stereocenters. The van der Waals surface area contributed by atoms with Crippen LogP contribution in [0, 0.1) is 5.82 Å². The summed E-state index contributed by atoms with van der Waals surface area (Å²) in [6.07, 6.45) is 0.736. The van der Waals surface area contributed by atoms with Crippen LogP contribution >= 0.6 is 11.6 Å². The molecular formula is C19H22ClFN2O3. The second kappa shape index (κ2) is 9.40. The van der Waals surface area contributed by atoms with Gasteiger partial charge in [0.2, 0.25) is 5.91 Å². The zero-order valence-corrected chi connectivity index (χ0v) is 15.8. The summed E-state index contributed by atoms with van der Waals surface area (Å²) in [4.78, 5) is 13.9. The first kappa shape index (κ1) is 20.0. The van der Waals surface area contributed by atoms with Crippen LogP contribution in [0.25, 0.3) is 0 Å². The predicted octanol–water partition coefficient (Wildman–Crippen LogP) is 3.61. The molecule has 2 aromatic carbocycles. The molecule has 0 saturated carbocycles. The van der Waals surface area contributed by atoms with Crippen LogP contribution in [-0.2, 0) is 11.2 Å². The van der Waals surface area contributed by atoms with Crippen LogP contribution in [-0.4, -0.2) is 45.2 Å². The number of hydrogen-bond donors (Lipinski definition) is 1. The zero-order chi connectivity index (χ0) is 19.1. The number of carbonyl (C=O) groups excluding carboxylic acids is 1. The van der Waals surface area contributed by atoms with Crippen molar-refractivity contribution in [1.82, 2.24) is 4.90 Å². The monoisotopic (exact) mass is 380 g/mol. The Bertz CT molecular complexity index is 770. The minimum atomic E-state index is -0.557. The molecule has 26 heavy (non-hydrogen) atoms. The Morgan fingerprint density at radius 3 is 2.54 bits per heavy atom. The normalized spacial score (nSPS) is 10.7. The molecule has 1 N–H and O–H groups in total. The summed E-state index contributed by atoms with van der Waals surface area (Å²) in [6.45, 7) is 0.807. The van der Waals surface area contributed by atoms with Gasteiger partial charge in [0.05, 0.1) is 26.5 Å². The average molecular weight is 381 g/mol. The van der Waals surface area contributed by atoms with Crippen LogP contribution in [0.15, 0.2) is 36.4 Å². The van der Waals surface area contributed by atoms with Gasteiger partial charge in [0.15, 0.2) is 11.5 Å². The molecule has 2 rings (SSSR count). The van der Waals surface area contributed by atoms with E-state index in [1.165, 1.54) is 12.1 Å².